The number of ether oxygens (including phenoxy) is 2. The number of nitrogens with one attached hydrogen (secondary N) is 1. The molecular weight excluding hydrogens is 206 g/mol. The van der Waals surface area contributed by atoms with Gasteiger partial charge in [0.2, 0.25) is 0 Å². The minimum absolute atomic E-state index is 0.0213. The van der Waals surface area contributed by atoms with Crippen molar-refractivity contribution in [1.29, 1.82) is 0 Å². The van der Waals surface area contributed by atoms with Crippen LogP contribution in [0.1, 0.15) is 40.0 Å². The normalized spacial score (nSPS) is 23.3. The average Bonchev–Trinajstić information content (AvgIpc) is 2.54. The zero-order valence-electron chi connectivity index (χ0n) is 10.5. The SMILES string of the molecule is CCOC(=O)CCNCC1CCC(C)(C)O1. The molecule has 0 bridgehead atoms. The zero-order valence-corrected chi connectivity index (χ0v) is 10.5. The first-order valence-electron chi connectivity index (χ1n) is 6.07. The van der Waals surface area contributed by atoms with E-state index in [1.54, 1.807) is 0 Å². The molecular formula is C12H23NO3. The molecule has 0 spiro atoms. The molecule has 0 radical (unpaired) electrons. The first kappa shape index (κ1) is 13.5. The van der Waals surface area contributed by atoms with E-state index in [-0.39, 0.29) is 17.7 Å². The summed E-state index contributed by atoms with van der Waals surface area (Å²) in [5, 5.41) is 3.23. The van der Waals surface area contributed by atoms with Crippen molar-refractivity contribution in [2.75, 3.05) is 19.7 Å². The molecule has 94 valence electrons. The van der Waals surface area contributed by atoms with Crippen LogP contribution < -0.4 is 5.32 Å². The number of hydrogen-bond acceptors (Lipinski definition) is 4. The van der Waals surface area contributed by atoms with Gasteiger partial charge in [-0.05, 0) is 33.6 Å². The Balaban J connectivity index is 2.02. The van der Waals surface area contributed by atoms with Gasteiger partial charge in [0.15, 0.2) is 0 Å². The van der Waals surface area contributed by atoms with Gasteiger partial charge in [0.05, 0.1) is 24.7 Å². The van der Waals surface area contributed by atoms with E-state index in [9.17, 15) is 4.79 Å². The van der Waals surface area contributed by atoms with E-state index in [4.69, 9.17) is 9.47 Å². The van der Waals surface area contributed by atoms with Crippen LogP contribution in [0, 0.1) is 0 Å². The molecule has 1 N–H and O–H groups in total. The monoisotopic (exact) mass is 229 g/mol. The summed E-state index contributed by atoms with van der Waals surface area (Å²) in [6, 6.07) is 0. The van der Waals surface area contributed by atoms with Crippen molar-refractivity contribution < 1.29 is 14.3 Å². The molecule has 1 atom stereocenters. The summed E-state index contributed by atoms with van der Waals surface area (Å²) in [7, 11) is 0. The Labute approximate surface area is 97.7 Å². The van der Waals surface area contributed by atoms with Gasteiger partial charge in [-0.3, -0.25) is 4.79 Å². The van der Waals surface area contributed by atoms with Crippen LogP contribution in [0.3, 0.4) is 0 Å². The second kappa shape index (κ2) is 6.21. The van der Waals surface area contributed by atoms with Crippen molar-refractivity contribution in [3.05, 3.63) is 0 Å². The number of carbonyl (C=O) groups excluding carboxylic acids is 1. The van der Waals surface area contributed by atoms with E-state index in [1.165, 1.54) is 0 Å². The van der Waals surface area contributed by atoms with Crippen LogP contribution in [0.15, 0.2) is 0 Å². The third-order valence-electron chi connectivity index (χ3n) is 2.74. The molecule has 1 aliphatic rings. The molecule has 4 heteroatoms. The Morgan fingerprint density at radius 2 is 2.31 bits per heavy atom. The number of carbonyl (C=O) groups is 1. The van der Waals surface area contributed by atoms with E-state index in [1.807, 2.05) is 6.92 Å². The molecule has 0 aromatic carbocycles. The molecule has 1 heterocycles. The van der Waals surface area contributed by atoms with E-state index in [0.29, 0.717) is 19.6 Å². The fourth-order valence-electron chi connectivity index (χ4n) is 1.91. The molecule has 0 aliphatic carbocycles. The van der Waals surface area contributed by atoms with Gasteiger partial charge in [0.25, 0.3) is 0 Å². The summed E-state index contributed by atoms with van der Waals surface area (Å²) in [4.78, 5) is 11.0. The van der Waals surface area contributed by atoms with Gasteiger partial charge in [-0.25, -0.2) is 0 Å². The molecule has 0 aromatic rings. The van der Waals surface area contributed by atoms with Crippen LogP contribution in [0.5, 0.6) is 0 Å². The molecule has 1 fully saturated rings. The van der Waals surface area contributed by atoms with Gasteiger partial charge < -0.3 is 14.8 Å². The molecule has 1 unspecified atom stereocenters. The van der Waals surface area contributed by atoms with Crippen LogP contribution in [-0.4, -0.2) is 37.4 Å². The summed E-state index contributed by atoms with van der Waals surface area (Å²) in [6.07, 6.45) is 2.93. The summed E-state index contributed by atoms with van der Waals surface area (Å²) >= 11 is 0. The molecule has 4 nitrogen and oxygen atoms in total. The van der Waals surface area contributed by atoms with Crippen molar-refractivity contribution in [2.24, 2.45) is 0 Å². The lowest BCUT2D eigenvalue weighted by atomic mass is 10.1. The molecule has 1 rings (SSSR count). The zero-order chi connectivity index (χ0) is 12.0. The van der Waals surface area contributed by atoms with Gasteiger partial charge in [-0.2, -0.15) is 0 Å². The number of esters is 1. The quantitative estimate of drug-likeness (QED) is 0.553. The van der Waals surface area contributed by atoms with Gasteiger partial charge in [-0.15, -0.1) is 0 Å². The second-order valence-electron chi connectivity index (χ2n) is 4.80. The van der Waals surface area contributed by atoms with Crippen molar-refractivity contribution in [3.63, 3.8) is 0 Å². The molecule has 16 heavy (non-hydrogen) atoms. The third kappa shape index (κ3) is 4.94. The molecule has 0 saturated carbocycles. The fourth-order valence-corrected chi connectivity index (χ4v) is 1.91. The van der Waals surface area contributed by atoms with E-state index < -0.39 is 0 Å². The summed E-state index contributed by atoms with van der Waals surface area (Å²) in [6.45, 7) is 8.00. The summed E-state index contributed by atoms with van der Waals surface area (Å²) in [5.74, 6) is -0.136. The van der Waals surface area contributed by atoms with Crippen LogP contribution >= 0.6 is 0 Å². The minimum Gasteiger partial charge on any atom is -0.466 e. The van der Waals surface area contributed by atoms with Crippen LogP contribution in [0.25, 0.3) is 0 Å². The van der Waals surface area contributed by atoms with Crippen LogP contribution in [0.2, 0.25) is 0 Å². The fraction of sp³-hybridized carbons (Fsp3) is 0.917. The molecule has 0 amide bonds. The number of hydrogen-bond donors (Lipinski definition) is 1. The highest BCUT2D eigenvalue weighted by Gasteiger charge is 2.30. The summed E-state index contributed by atoms with van der Waals surface area (Å²) < 4.78 is 10.7. The average molecular weight is 229 g/mol. The first-order chi connectivity index (χ1) is 7.53. The highest BCUT2D eigenvalue weighted by molar-refractivity contribution is 5.69. The lowest BCUT2D eigenvalue weighted by molar-refractivity contribution is -0.143. The van der Waals surface area contributed by atoms with Gasteiger partial charge >= 0.3 is 5.97 Å². The predicted octanol–water partition coefficient (Wildman–Crippen LogP) is 1.49. The first-order valence-corrected chi connectivity index (χ1v) is 6.07. The van der Waals surface area contributed by atoms with Crippen molar-refractivity contribution >= 4 is 5.97 Å². The molecule has 1 saturated heterocycles. The maximum absolute atomic E-state index is 11.0. The highest BCUT2D eigenvalue weighted by Crippen LogP contribution is 2.28. The molecule has 0 aromatic heterocycles. The van der Waals surface area contributed by atoms with E-state index in [2.05, 4.69) is 19.2 Å². The standard InChI is InChI=1S/C12H23NO3/c1-4-15-11(14)6-8-13-9-10-5-7-12(2,3)16-10/h10,13H,4-9H2,1-3H3. The Bertz CT molecular complexity index is 228. The lowest BCUT2D eigenvalue weighted by Gasteiger charge is -2.19. The maximum atomic E-state index is 11.0. The highest BCUT2D eigenvalue weighted by atomic mass is 16.5. The summed E-state index contributed by atoms with van der Waals surface area (Å²) in [5.41, 5.74) is 0.0213. The smallest absolute Gasteiger partial charge is 0.307 e. The van der Waals surface area contributed by atoms with Crippen molar-refractivity contribution in [3.8, 4) is 0 Å². The largest absolute Gasteiger partial charge is 0.466 e. The Hall–Kier alpha value is -0.610. The predicted molar refractivity (Wildman–Crippen MR) is 62.3 cm³/mol. The van der Waals surface area contributed by atoms with Gasteiger partial charge in [0.1, 0.15) is 0 Å². The lowest BCUT2D eigenvalue weighted by Crippen LogP contribution is -2.30. The van der Waals surface area contributed by atoms with E-state index in [0.717, 1.165) is 19.4 Å². The number of rotatable bonds is 6. The van der Waals surface area contributed by atoms with Crippen molar-refractivity contribution in [2.45, 2.75) is 51.7 Å². The maximum Gasteiger partial charge on any atom is 0.307 e. The Kier molecular flexibility index (Phi) is 5.22. The Morgan fingerprint density at radius 1 is 1.56 bits per heavy atom. The molecule has 1 aliphatic heterocycles. The van der Waals surface area contributed by atoms with Gasteiger partial charge in [0, 0.05) is 13.1 Å². The Morgan fingerprint density at radius 3 is 2.88 bits per heavy atom. The van der Waals surface area contributed by atoms with Gasteiger partial charge in [-0.1, -0.05) is 0 Å². The third-order valence-corrected chi connectivity index (χ3v) is 2.74. The van der Waals surface area contributed by atoms with Crippen LogP contribution in [0.4, 0.5) is 0 Å². The van der Waals surface area contributed by atoms with Crippen LogP contribution in [-0.2, 0) is 14.3 Å². The minimum atomic E-state index is -0.136. The van der Waals surface area contributed by atoms with Crippen molar-refractivity contribution in [1.82, 2.24) is 5.32 Å². The van der Waals surface area contributed by atoms with E-state index >= 15 is 0 Å². The second-order valence-corrected chi connectivity index (χ2v) is 4.80. The topological polar surface area (TPSA) is 47.6 Å².